The van der Waals surface area contributed by atoms with Gasteiger partial charge in [0.2, 0.25) is 10.0 Å². The first-order chi connectivity index (χ1) is 12.9. The summed E-state index contributed by atoms with van der Waals surface area (Å²) in [4.78, 5) is 12.6. The molecule has 7 nitrogen and oxygen atoms in total. The van der Waals surface area contributed by atoms with Crippen LogP contribution in [0.4, 0.5) is 0 Å². The SMILES string of the molecule is C[C@@H]1CCC[C@@H](C)C1=NNC(=O)c1cccc(S(=O)(=O)N2CCOCC2)c1. The van der Waals surface area contributed by atoms with E-state index in [4.69, 9.17) is 4.74 Å². The van der Waals surface area contributed by atoms with Gasteiger partial charge in [-0.15, -0.1) is 0 Å². The molecule has 1 N–H and O–H groups in total. The number of benzene rings is 1. The van der Waals surface area contributed by atoms with Gasteiger partial charge in [0.05, 0.1) is 18.1 Å². The normalized spacial score (nSPS) is 24.4. The molecule has 1 heterocycles. The molecular formula is C19H27N3O4S. The van der Waals surface area contributed by atoms with Crippen molar-refractivity contribution < 1.29 is 17.9 Å². The standard InChI is InChI=1S/C19H27N3O4S/c1-14-5-3-6-15(2)18(14)20-21-19(23)16-7-4-8-17(13-16)27(24,25)22-9-11-26-12-10-22/h4,7-8,13-15H,3,5-6,9-12H2,1-2H3,(H,21,23)/t14-,15-/m1/s1. The second-order valence-electron chi connectivity index (χ2n) is 7.25. The van der Waals surface area contributed by atoms with Crippen LogP contribution < -0.4 is 5.43 Å². The lowest BCUT2D eigenvalue weighted by Crippen LogP contribution is -2.40. The number of carbonyl (C=O) groups is 1. The third kappa shape index (κ3) is 4.56. The molecule has 0 bridgehead atoms. The molecule has 0 unspecified atom stereocenters. The second-order valence-corrected chi connectivity index (χ2v) is 9.19. The minimum Gasteiger partial charge on any atom is -0.379 e. The van der Waals surface area contributed by atoms with Gasteiger partial charge in [-0.3, -0.25) is 4.79 Å². The monoisotopic (exact) mass is 393 g/mol. The van der Waals surface area contributed by atoms with Crippen LogP contribution in [0.1, 0.15) is 43.5 Å². The van der Waals surface area contributed by atoms with Crippen LogP contribution >= 0.6 is 0 Å². The lowest BCUT2D eigenvalue weighted by atomic mass is 9.81. The van der Waals surface area contributed by atoms with Gasteiger partial charge in [0.25, 0.3) is 5.91 Å². The van der Waals surface area contributed by atoms with E-state index in [0.717, 1.165) is 18.6 Å². The molecule has 1 aliphatic heterocycles. The summed E-state index contributed by atoms with van der Waals surface area (Å²) in [6.07, 6.45) is 3.33. The third-order valence-electron chi connectivity index (χ3n) is 5.27. The first-order valence-corrected chi connectivity index (χ1v) is 10.9. The largest absolute Gasteiger partial charge is 0.379 e. The molecule has 1 aromatic carbocycles. The molecule has 3 rings (SSSR count). The second kappa shape index (κ2) is 8.50. The molecule has 1 aromatic rings. The Balaban J connectivity index is 1.75. The Morgan fingerprint density at radius 2 is 1.85 bits per heavy atom. The number of rotatable bonds is 4. The van der Waals surface area contributed by atoms with Gasteiger partial charge in [-0.25, -0.2) is 13.8 Å². The quantitative estimate of drug-likeness (QED) is 0.795. The minimum atomic E-state index is -3.63. The molecular weight excluding hydrogens is 366 g/mol. The molecule has 0 spiro atoms. The summed E-state index contributed by atoms with van der Waals surface area (Å²) in [5.41, 5.74) is 3.90. The van der Waals surface area contributed by atoms with Crippen molar-refractivity contribution in [3.63, 3.8) is 0 Å². The van der Waals surface area contributed by atoms with E-state index in [1.54, 1.807) is 12.1 Å². The number of morpholine rings is 1. The average Bonchev–Trinajstić information content (AvgIpc) is 2.68. The Labute approximate surface area is 160 Å². The maximum absolute atomic E-state index is 12.8. The zero-order valence-corrected chi connectivity index (χ0v) is 16.7. The minimum absolute atomic E-state index is 0.115. The molecule has 0 radical (unpaired) electrons. The lowest BCUT2D eigenvalue weighted by Gasteiger charge is -2.26. The molecule has 2 atom stereocenters. The Bertz CT molecular complexity index is 804. The van der Waals surface area contributed by atoms with Crippen molar-refractivity contribution in [2.75, 3.05) is 26.3 Å². The zero-order valence-electron chi connectivity index (χ0n) is 15.8. The van der Waals surface area contributed by atoms with Crippen LogP contribution in [0.5, 0.6) is 0 Å². The molecule has 0 aromatic heterocycles. The Morgan fingerprint density at radius 3 is 2.52 bits per heavy atom. The summed E-state index contributed by atoms with van der Waals surface area (Å²) in [6.45, 7) is 5.65. The first-order valence-electron chi connectivity index (χ1n) is 9.45. The smallest absolute Gasteiger partial charge is 0.271 e. The highest BCUT2D eigenvalue weighted by Gasteiger charge is 2.27. The molecule has 1 saturated carbocycles. The predicted molar refractivity (Wildman–Crippen MR) is 103 cm³/mol. The molecule has 148 valence electrons. The van der Waals surface area contributed by atoms with E-state index in [9.17, 15) is 13.2 Å². The van der Waals surface area contributed by atoms with Crippen LogP contribution in [-0.4, -0.2) is 50.6 Å². The van der Waals surface area contributed by atoms with E-state index < -0.39 is 15.9 Å². The number of hydrogen-bond donors (Lipinski definition) is 1. The van der Waals surface area contributed by atoms with Gasteiger partial charge in [0, 0.05) is 24.4 Å². The van der Waals surface area contributed by atoms with Crippen molar-refractivity contribution in [2.45, 2.75) is 38.0 Å². The highest BCUT2D eigenvalue weighted by molar-refractivity contribution is 7.89. The van der Waals surface area contributed by atoms with Crippen molar-refractivity contribution in [2.24, 2.45) is 16.9 Å². The summed E-state index contributed by atoms with van der Waals surface area (Å²) in [5, 5.41) is 4.34. The van der Waals surface area contributed by atoms with Gasteiger partial charge in [-0.1, -0.05) is 26.3 Å². The van der Waals surface area contributed by atoms with Crippen LogP contribution in [0.3, 0.4) is 0 Å². The van der Waals surface area contributed by atoms with E-state index in [0.29, 0.717) is 38.1 Å². The molecule has 1 aliphatic carbocycles. The van der Waals surface area contributed by atoms with E-state index in [2.05, 4.69) is 24.4 Å². The highest BCUT2D eigenvalue weighted by Crippen LogP contribution is 2.26. The van der Waals surface area contributed by atoms with Crippen LogP contribution in [0.25, 0.3) is 0 Å². The first kappa shape index (κ1) is 20.0. The summed E-state index contributed by atoms with van der Waals surface area (Å²) >= 11 is 0. The maximum atomic E-state index is 12.8. The summed E-state index contributed by atoms with van der Waals surface area (Å²) < 4.78 is 32.1. The summed E-state index contributed by atoms with van der Waals surface area (Å²) in [7, 11) is -3.63. The molecule has 2 aliphatic rings. The fourth-order valence-electron chi connectivity index (χ4n) is 3.65. The third-order valence-corrected chi connectivity index (χ3v) is 7.17. The van der Waals surface area contributed by atoms with Gasteiger partial charge < -0.3 is 4.74 Å². The number of carbonyl (C=O) groups excluding carboxylic acids is 1. The van der Waals surface area contributed by atoms with Crippen LogP contribution in [0, 0.1) is 11.8 Å². The van der Waals surface area contributed by atoms with Crippen LogP contribution in [0.2, 0.25) is 0 Å². The van der Waals surface area contributed by atoms with Crippen LogP contribution in [-0.2, 0) is 14.8 Å². The van der Waals surface area contributed by atoms with Gasteiger partial charge in [-0.2, -0.15) is 9.41 Å². The average molecular weight is 394 g/mol. The number of hydrogen-bond acceptors (Lipinski definition) is 5. The van der Waals surface area contributed by atoms with Gasteiger partial charge in [0.15, 0.2) is 0 Å². The molecule has 1 saturated heterocycles. The maximum Gasteiger partial charge on any atom is 0.271 e. The number of nitrogens with zero attached hydrogens (tertiary/aromatic N) is 2. The van der Waals surface area contributed by atoms with Crippen LogP contribution in [0.15, 0.2) is 34.3 Å². The number of amides is 1. The Morgan fingerprint density at radius 1 is 1.19 bits per heavy atom. The summed E-state index contributed by atoms with van der Waals surface area (Å²) in [5.74, 6) is 0.302. The van der Waals surface area contributed by atoms with E-state index in [1.807, 2.05) is 0 Å². The number of sulfonamides is 1. The van der Waals surface area contributed by atoms with Crippen molar-refractivity contribution in [1.29, 1.82) is 0 Å². The van der Waals surface area contributed by atoms with Crippen molar-refractivity contribution in [3.05, 3.63) is 29.8 Å². The van der Waals surface area contributed by atoms with E-state index in [-0.39, 0.29) is 10.5 Å². The Hall–Kier alpha value is -1.77. The predicted octanol–water partition coefficient (Wildman–Crippen LogP) is 2.25. The molecule has 2 fully saturated rings. The Kier molecular flexibility index (Phi) is 6.29. The van der Waals surface area contributed by atoms with Gasteiger partial charge >= 0.3 is 0 Å². The topological polar surface area (TPSA) is 88.1 Å². The number of nitrogens with one attached hydrogen (secondary N) is 1. The van der Waals surface area contributed by atoms with Gasteiger partial charge in [0.1, 0.15) is 0 Å². The molecule has 27 heavy (non-hydrogen) atoms. The summed E-state index contributed by atoms with van der Waals surface area (Å²) in [6, 6.07) is 6.11. The van der Waals surface area contributed by atoms with Crippen molar-refractivity contribution in [3.8, 4) is 0 Å². The molecule has 1 amide bonds. The van der Waals surface area contributed by atoms with E-state index >= 15 is 0 Å². The van der Waals surface area contributed by atoms with E-state index in [1.165, 1.54) is 22.9 Å². The van der Waals surface area contributed by atoms with Crippen molar-refractivity contribution >= 4 is 21.6 Å². The fourth-order valence-corrected chi connectivity index (χ4v) is 5.10. The highest BCUT2D eigenvalue weighted by atomic mass is 32.2. The molecule has 8 heteroatoms. The zero-order chi connectivity index (χ0) is 19.4. The number of ether oxygens (including phenoxy) is 1. The fraction of sp³-hybridized carbons (Fsp3) is 0.579. The number of hydrazone groups is 1. The van der Waals surface area contributed by atoms with Crippen molar-refractivity contribution in [1.82, 2.24) is 9.73 Å². The lowest BCUT2D eigenvalue weighted by molar-refractivity contribution is 0.0730. The van der Waals surface area contributed by atoms with Gasteiger partial charge in [-0.05, 0) is 42.9 Å².